The quantitative estimate of drug-likeness (QED) is 0.242. The lowest BCUT2D eigenvalue weighted by Crippen LogP contribution is -2.09. The molecule has 160 valence electrons. The van der Waals surface area contributed by atoms with E-state index in [2.05, 4.69) is 74.2 Å². The molecule has 0 aliphatic rings. The molecule has 0 fully saturated rings. The number of benzene rings is 3. The van der Waals surface area contributed by atoms with Crippen molar-refractivity contribution in [3.05, 3.63) is 101 Å². The maximum Gasteiger partial charge on any atom is 0.165 e. The Balaban J connectivity index is 0.000000221. The third kappa shape index (κ3) is 8.36. The second-order valence-corrected chi connectivity index (χ2v) is 7.93. The summed E-state index contributed by atoms with van der Waals surface area (Å²) in [5.41, 5.74) is 5.41. The molecule has 3 rings (SSSR count). The minimum Gasteiger partial charge on any atom is -0.426 e. The Bertz CT molecular complexity index is 958. The molecule has 3 heteroatoms. The van der Waals surface area contributed by atoms with Gasteiger partial charge < -0.3 is 4.18 Å². The van der Waals surface area contributed by atoms with Gasteiger partial charge >= 0.3 is 0 Å². The van der Waals surface area contributed by atoms with Crippen molar-refractivity contribution >= 4 is 17.8 Å². The van der Waals surface area contributed by atoms with Crippen LogP contribution in [0.1, 0.15) is 52.9 Å². The molecule has 0 radical (unpaired) electrons. The smallest absolute Gasteiger partial charge is 0.165 e. The Hall–Kier alpha value is -2.96. The van der Waals surface area contributed by atoms with Crippen molar-refractivity contribution in [3.63, 3.8) is 0 Å². The summed E-state index contributed by atoms with van der Waals surface area (Å²) in [7, 11) is 0. The van der Waals surface area contributed by atoms with Gasteiger partial charge in [-0.3, -0.25) is 4.79 Å². The highest BCUT2D eigenvalue weighted by atomic mass is 32.2. The maximum absolute atomic E-state index is 11.8. The first kappa shape index (κ1) is 24.3. The average Bonchev–Trinajstić information content (AvgIpc) is 2.80. The van der Waals surface area contributed by atoms with Gasteiger partial charge in [-0.2, -0.15) is 0 Å². The lowest BCUT2D eigenvalue weighted by Gasteiger charge is -2.07. The minimum absolute atomic E-state index is 0.0947. The van der Waals surface area contributed by atoms with Gasteiger partial charge in [-0.15, -0.1) is 0 Å². The SMILES string of the molecule is CCC(C)C(=O)c1ccc(OSC)cc1.Cc1ccc(C#Cc2ccc(C)cc2)cc1. The molecule has 0 N–H and O–H groups in total. The number of carbonyl (C=O) groups excluding carboxylic acids is 1. The van der Waals surface area contributed by atoms with Crippen molar-refractivity contribution in [1.29, 1.82) is 0 Å². The predicted octanol–water partition coefficient (Wildman–Crippen LogP) is 7.28. The molecule has 3 aromatic rings. The summed E-state index contributed by atoms with van der Waals surface area (Å²) in [5.74, 6) is 7.39. The average molecular weight is 431 g/mol. The summed E-state index contributed by atoms with van der Waals surface area (Å²) in [5, 5.41) is 0. The van der Waals surface area contributed by atoms with Crippen LogP contribution in [0.4, 0.5) is 0 Å². The Morgan fingerprint density at radius 3 is 1.68 bits per heavy atom. The fraction of sp³-hybridized carbons (Fsp3) is 0.250. The summed E-state index contributed by atoms with van der Waals surface area (Å²) in [6.45, 7) is 8.14. The molecule has 1 atom stereocenters. The lowest BCUT2D eigenvalue weighted by molar-refractivity contribution is 0.0927. The van der Waals surface area contributed by atoms with Crippen LogP contribution < -0.4 is 4.18 Å². The molecule has 0 bridgehead atoms. The van der Waals surface area contributed by atoms with Crippen LogP contribution in [0.25, 0.3) is 0 Å². The highest BCUT2D eigenvalue weighted by molar-refractivity contribution is 7.94. The van der Waals surface area contributed by atoms with E-state index in [-0.39, 0.29) is 11.7 Å². The van der Waals surface area contributed by atoms with E-state index in [9.17, 15) is 4.79 Å². The molecule has 0 heterocycles. The predicted molar refractivity (Wildman–Crippen MR) is 133 cm³/mol. The summed E-state index contributed by atoms with van der Waals surface area (Å²) in [6.07, 6.45) is 2.74. The van der Waals surface area contributed by atoms with Crippen molar-refractivity contribution < 1.29 is 8.98 Å². The van der Waals surface area contributed by atoms with Crippen LogP contribution in [-0.4, -0.2) is 12.0 Å². The van der Waals surface area contributed by atoms with Crippen molar-refractivity contribution in [3.8, 4) is 17.6 Å². The molecule has 0 aliphatic carbocycles. The van der Waals surface area contributed by atoms with Crippen LogP contribution in [0.2, 0.25) is 0 Å². The molecule has 3 aromatic carbocycles. The number of hydrogen-bond donors (Lipinski definition) is 0. The van der Waals surface area contributed by atoms with Gasteiger partial charge in [-0.1, -0.05) is 61.1 Å². The number of Topliss-reactive ketones (excluding diaryl/α,β-unsaturated/α-hetero) is 1. The van der Waals surface area contributed by atoms with Gasteiger partial charge in [0.1, 0.15) is 5.75 Å². The first-order valence-electron chi connectivity index (χ1n) is 10.4. The van der Waals surface area contributed by atoms with Gasteiger partial charge in [0, 0.05) is 28.9 Å². The molecule has 0 saturated carbocycles. The normalized spacial score (nSPS) is 10.7. The monoisotopic (exact) mass is 430 g/mol. The molecule has 0 saturated heterocycles. The van der Waals surface area contributed by atoms with Crippen molar-refractivity contribution in [2.45, 2.75) is 34.1 Å². The van der Waals surface area contributed by atoms with Crippen LogP contribution in [0, 0.1) is 31.6 Å². The van der Waals surface area contributed by atoms with Gasteiger partial charge in [0.15, 0.2) is 5.78 Å². The highest BCUT2D eigenvalue weighted by Gasteiger charge is 2.12. The van der Waals surface area contributed by atoms with E-state index in [4.69, 9.17) is 4.18 Å². The molecule has 31 heavy (non-hydrogen) atoms. The number of hydrogen-bond acceptors (Lipinski definition) is 3. The minimum atomic E-state index is 0.0947. The van der Waals surface area contributed by atoms with E-state index in [1.807, 2.05) is 44.4 Å². The number of ketones is 1. The highest BCUT2D eigenvalue weighted by Crippen LogP contribution is 2.18. The van der Waals surface area contributed by atoms with E-state index >= 15 is 0 Å². The topological polar surface area (TPSA) is 26.3 Å². The number of aryl methyl sites for hydroxylation is 2. The third-order valence-electron chi connectivity index (χ3n) is 4.83. The van der Waals surface area contributed by atoms with E-state index in [1.165, 1.54) is 23.2 Å². The zero-order valence-corrected chi connectivity index (χ0v) is 19.8. The van der Waals surface area contributed by atoms with Crippen LogP contribution in [0.15, 0.2) is 72.8 Å². The fourth-order valence-corrected chi connectivity index (χ4v) is 2.96. The van der Waals surface area contributed by atoms with Crippen molar-refractivity contribution in [2.24, 2.45) is 5.92 Å². The Morgan fingerprint density at radius 1 is 0.839 bits per heavy atom. The molecular weight excluding hydrogens is 400 g/mol. The number of rotatable bonds is 5. The second-order valence-electron chi connectivity index (χ2n) is 7.43. The van der Waals surface area contributed by atoms with Gasteiger partial charge in [0.25, 0.3) is 0 Å². The lowest BCUT2D eigenvalue weighted by atomic mass is 9.97. The van der Waals surface area contributed by atoms with Gasteiger partial charge in [0.05, 0.1) is 12.0 Å². The third-order valence-corrected chi connectivity index (χ3v) is 5.19. The van der Waals surface area contributed by atoms with Crippen LogP contribution in [0.5, 0.6) is 5.75 Å². The van der Waals surface area contributed by atoms with Crippen LogP contribution in [-0.2, 0) is 0 Å². The van der Waals surface area contributed by atoms with E-state index in [0.717, 1.165) is 28.9 Å². The Labute approximate surface area is 191 Å². The van der Waals surface area contributed by atoms with Gasteiger partial charge in [0.2, 0.25) is 0 Å². The zero-order valence-electron chi connectivity index (χ0n) is 18.9. The summed E-state index contributed by atoms with van der Waals surface area (Å²) in [4.78, 5) is 11.8. The Morgan fingerprint density at radius 2 is 1.29 bits per heavy atom. The summed E-state index contributed by atoms with van der Waals surface area (Å²) in [6, 6.07) is 23.8. The van der Waals surface area contributed by atoms with E-state index < -0.39 is 0 Å². The van der Waals surface area contributed by atoms with Crippen LogP contribution in [0.3, 0.4) is 0 Å². The molecule has 2 nitrogen and oxygen atoms in total. The molecule has 0 amide bonds. The standard InChI is InChI=1S/C16H14.C12H16O2S/c1-13-3-7-15(8-4-13)11-12-16-9-5-14(2)6-10-16;1-4-9(2)12(13)10-5-7-11(8-6-10)14-15-3/h3-10H,1-2H3;5-9H,4H2,1-3H3. The molecule has 0 spiro atoms. The van der Waals surface area contributed by atoms with E-state index in [0.29, 0.717) is 0 Å². The number of carbonyl (C=O) groups is 1. The molecule has 1 unspecified atom stereocenters. The zero-order chi connectivity index (χ0) is 22.6. The van der Waals surface area contributed by atoms with Crippen LogP contribution >= 0.6 is 12.0 Å². The largest absolute Gasteiger partial charge is 0.426 e. The molecule has 0 aliphatic heterocycles. The Kier molecular flexibility index (Phi) is 9.94. The first-order chi connectivity index (χ1) is 14.9. The van der Waals surface area contributed by atoms with Gasteiger partial charge in [-0.05, 0) is 68.8 Å². The van der Waals surface area contributed by atoms with E-state index in [1.54, 1.807) is 0 Å². The van der Waals surface area contributed by atoms with Crippen molar-refractivity contribution in [2.75, 3.05) is 6.26 Å². The van der Waals surface area contributed by atoms with Crippen molar-refractivity contribution in [1.82, 2.24) is 0 Å². The van der Waals surface area contributed by atoms with Gasteiger partial charge in [-0.25, -0.2) is 0 Å². The summed E-state index contributed by atoms with van der Waals surface area (Å²) < 4.78 is 5.23. The second kappa shape index (κ2) is 12.7. The first-order valence-corrected chi connectivity index (χ1v) is 11.6. The molecular formula is C28H30O2S. The maximum atomic E-state index is 11.8. The summed E-state index contributed by atoms with van der Waals surface area (Å²) >= 11 is 1.29. The molecule has 0 aromatic heterocycles. The fourth-order valence-electron chi connectivity index (χ4n) is 2.66.